The first-order chi connectivity index (χ1) is 10.2. The molecule has 1 aliphatic rings. The molecule has 3 rings (SSSR count). The number of aliphatic hydroxyl groups is 1. The highest BCUT2D eigenvalue weighted by molar-refractivity contribution is 6.30. The summed E-state index contributed by atoms with van der Waals surface area (Å²) in [5, 5.41) is 15.1. The predicted molar refractivity (Wildman–Crippen MR) is 84.6 cm³/mol. The minimum Gasteiger partial charge on any atom is -0.389 e. The molecule has 110 valence electrons. The molecular formula is C17H19ClN2O. The van der Waals surface area contributed by atoms with Crippen molar-refractivity contribution in [1.82, 2.24) is 10.3 Å². The molecule has 1 aliphatic heterocycles. The van der Waals surface area contributed by atoms with Crippen LogP contribution in [0.15, 0.2) is 48.7 Å². The number of halogens is 1. The zero-order valence-electron chi connectivity index (χ0n) is 11.8. The van der Waals surface area contributed by atoms with Crippen molar-refractivity contribution in [1.29, 1.82) is 0 Å². The Morgan fingerprint density at radius 2 is 1.81 bits per heavy atom. The van der Waals surface area contributed by atoms with Gasteiger partial charge in [0.25, 0.3) is 0 Å². The van der Waals surface area contributed by atoms with Crippen molar-refractivity contribution in [2.45, 2.75) is 24.4 Å². The second-order valence-electron chi connectivity index (χ2n) is 5.60. The third kappa shape index (κ3) is 3.10. The van der Waals surface area contributed by atoms with Gasteiger partial charge in [-0.05, 0) is 43.6 Å². The van der Waals surface area contributed by atoms with E-state index in [0.29, 0.717) is 5.02 Å². The molecule has 2 heterocycles. The molecule has 2 aromatic rings. The van der Waals surface area contributed by atoms with E-state index in [1.165, 1.54) is 0 Å². The van der Waals surface area contributed by atoms with E-state index in [0.717, 1.165) is 37.2 Å². The first-order valence-electron chi connectivity index (χ1n) is 7.28. The standard InChI is InChI=1S/C17H19ClN2O/c18-14-6-7-15(20-12-14)16(13-4-2-1-3-5-13)17(21)8-10-19-11-9-17/h1-7,12,16,19,21H,8-11H2. The van der Waals surface area contributed by atoms with Crippen LogP contribution in [0.1, 0.15) is 30.0 Å². The number of hydrogen-bond donors (Lipinski definition) is 2. The molecule has 1 aromatic heterocycles. The molecule has 3 nitrogen and oxygen atoms in total. The maximum Gasteiger partial charge on any atom is 0.0795 e. The Balaban J connectivity index is 2.04. The summed E-state index contributed by atoms with van der Waals surface area (Å²) in [5.41, 5.74) is 1.19. The van der Waals surface area contributed by atoms with Crippen LogP contribution in [0.25, 0.3) is 0 Å². The SMILES string of the molecule is OC1(C(c2ccccc2)c2ccc(Cl)cn2)CCNCC1. The third-order valence-electron chi connectivity index (χ3n) is 4.19. The molecule has 0 amide bonds. The molecular weight excluding hydrogens is 284 g/mol. The monoisotopic (exact) mass is 302 g/mol. The second-order valence-corrected chi connectivity index (χ2v) is 6.03. The van der Waals surface area contributed by atoms with Crippen LogP contribution in [-0.2, 0) is 0 Å². The van der Waals surface area contributed by atoms with Gasteiger partial charge < -0.3 is 10.4 Å². The molecule has 0 bridgehead atoms. The minimum atomic E-state index is -0.770. The lowest BCUT2D eigenvalue weighted by atomic mass is 9.74. The van der Waals surface area contributed by atoms with E-state index in [9.17, 15) is 5.11 Å². The zero-order chi connectivity index (χ0) is 14.7. The van der Waals surface area contributed by atoms with Gasteiger partial charge in [0.1, 0.15) is 0 Å². The molecule has 0 aliphatic carbocycles. The van der Waals surface area contributed by atoms with Gasteiger partial charge >= 0.3 is 0 Å². The zero-order valence-corrected chi connectivity index (χ0v) is 12.6. The lowest BCUT2D eigenvalue weighted by Gasteiger charge is -2.39. The smallest absolute Gasteiger partial charge is 0.0795 e. The highest BCUT2D eigenvalue weighted by atomic mass is 35.5. The van der Waals surface area contributed by atoms with Gasteiger partial charge in [-0.3, -0.25) is 4.98 Å². The third-order valence-corrected chi connectivity index (χ3v) is 4.41. The van der Waals surface area contributed by atoms with E-state index in [1.54, 1.807) is 6.20 Å². The van der Waals surface area contributed by atoms with Crippen LogP contribution in [0.5, 0.6) is 0 Å². The van der Waals surface area contributed by atoms with Crippen LogP contribution >= 0.6 is 11.6 Å². The summed E-state index contributed by atoms with van der Waals surface area (Å²) in [5.74, 6) is -0.127. The van der Waals surface area contributed by atoms with Gasteiger partial charge in [0.15, 0.2) is 0 Å². The summed E-state index contributed by atoms with van der Waals surface area (Å²) in [7, 11) is 0. The van der Waals surface area contributed by atoms with Crippen LogP contribution in [0.2, 0.25) is 5.02 Å². The summed E-state index contributed by atoms with van der Waals surface area (Å²) < 4.78 is 0. The summed E-state index contributed by atoms with van der Waals surface area (Å²) in [6.45, 7) is 1.65. The molecule has 1 aromatic carbocycles. The van der Waals surface area contributed by atoms with Crippen molar-refractivity contribution in [3.8, 4) is 0 Å². The summed E-state index contributed by atoms with van der Waals surface area (Å²) in [6.07, 6.45) is 3.09. The van der Waals surface area contributed by atoms with Gasteiger partial charge in [-0.2, -0.15) is 0 Å². The van der Waals surface area contributed by atoms with Crippen LogP contribution in [-0.4, -0.2) is 28.8 Å². The number of aromatic nitrogens is 1. The Bertz CT molecular complexity index is 579. The molecule has 1 unspecified atom stereocenters. The van der Waals surface area contributed by atoms with Crippen molar-refractivity contribution in [3.05, 3.63) is 64.9 Å². The fourth-order valence-electron chi connectivity index (χ4n) is 3.11. The fraction of sp³-hybridized carbons (Fsp3) is 0.353. The average molecular weight is 303 g/mol. The number of rotatable bonds is 3. The average Bonchev–Trinajstić information content (AvgIpc) is 2.51. The quantitative estimate of drug-likeness (QED) is 0.916. The van der Waals surface area contributed by atoms with E-state index in [4.69, 9.17) is 11.6 Å². The van der Waals surface area contributed by atoms with E-state index < -0.39 is 5.60 Å². The molecule has 4 heteroatoms. The van der Waals surface area contributed by atoms with Crippen LogP contribution in [0.4, 0.5) is 0 Å². The van der Waals surface area contributed by atoms with Crippen molar-refractivity contribution < 1.29 is 5.11 Å². The van der Waals surface area contributed by atoms with E-state index in [2.05, 4.69) is 22.4 Å². The molecule has 2 N–H and O–H groups in total. The predicted octanol–water partition coefficient (Wildman–Crippen LogP) is 2.98. The number of pyridine rings is 1. The van der Waals surface area contributed by atoms with Gasteiger partial charge in [-0.15, -0.1) is 0 Å². The van der Waals surface area contributed by atoms with Crippen molar-refractivity contribution in [2.24, 2.45) is 0 Å². The van der Waals surface area contributed by atoms with E-state index in [1.807, 2.05) is 30.3 Å². The van der Waals surface area contributed by atoms with Crippen LogP contribution < -0.4 is 5.32 Å². The lowest BCUT2D eigenvalue weighted by Crippen LogP contribution is -2.46. The number of piperidine rings is 1. The van der Waals surface area contributed by atoms with E-state index in [-0.39, 0.29) is 5.92 Å². The first kappa shape index (κ1) is 14.5. The number of hydrogen-bond acceptors (Lipinski definition) is 3. The summed E-state index contributed by atoms with van der Waals surface area (Å²) >= 11 is 5.95. The number of nitrogens with one attached hydrogen (secondary N) is 1. The van der Waals surface area contributed by atoms with Gasteiger partial charge in [-0.1, -0.05) is 41.9 Å². The Kier molecular flexibility index (Phi) is 4.24. The van der Waals surface area contributed by atoms with Crippen molar-refractivity contribution >= 4 is 11.6 Å². The molecule has 1 fully saturated rings. The molecule has 0 saturated carbocycles. The summed E-state index contributed by atoms with van der Waals surface area (Å²) in [6, 6.07) is 13.9. The molecule has 1 atom stereocenters. The van der Waals surface area contributed by atoms with Gasteiger partial charge in [0.05, 0.1) is 22.2 Å². The number of nitrogens with zero attached hydrogens (tertiary/aromatic N) is 1. The normalized spacial score (nSPS) is 19.1. The van der Waals surface area contributed by atoms with Crippen LogP contribution in [0.3, 0.4) is 0 Å². The van der Waals surface area contributed by atoms with Gasteiger partial charge in [0, 0.05) is 6.20 Å². The van der Waals surface area contributed by atoms with Crippen molar-refractivity contribution in [3.63, 3.8) is 0 Å². The maximum atomic E-state index is 11.2. The Morgan fingerprint density at radius 1 is 1.10 bits per heavy atom. The lowest BCUT2D eigenvalue weighted by molar-refractivity contribution is -0.00588. The highest BCUT2D eigenvalue weighted by Gasteiger charge is 2.40. The first-order valence-corrected chi connectivity index (χ1v) is 7.66. The Morgan fingerprint density at radius 3 is 2.43 bits per heavy atom. The number of benzene rings is 1. The molecule has 0 spiro atoms. The summed E-state index contributed by atoms with van der Waals surface area (Å²) in [4.78, 5) is 4.46. The second kappa shape index (κ2) is 6.14. The topological polar surface area (TPSA) is 45.2 Å². The molecule has 1 saturated heterocycles. The molecule has 0 radical (unpaired) electrons. The maximum absolute atomic E-state index is 11.2. The Labute approximate surface area is 130 Å². The molecule has 21 heavy (non-hydrogen) atoms. The minimum absolute atomic E-state index is 0.127. The van der Waals surface area contributed by atoms with Gasteiger partial charge in [-0.25, -0.2) is 0 Å². The van der Waals surface area contributed by atoms with E-state index >= 15 is 0 Å². The largest absolute Gasteiger partial charge is 0.389 e. The van der Waals surface area contributed by atoms with Crippen LogP contribution in [0, 0.1) is 0 Å². The van der Waals surface area contributed by atoms with Gasteiger partial charge in [0.2, 0.25) is 0 Å². The Hall–Kier alpha value is -1.42. The fourth-order valence-corrected chi connectivity index (χ4v) is 3.22. The highest BCUT2D eigenvalue weighted by Crippen LogP contribution is 2.39. The van der Waals surface area contributed by atoms with Crippen molar-refractivity contribution in [2.75, 3.05) is 13.1 Å².